The molecule has 0 aliphatic carbocycles. The third-order valence-electron chi connectivity index (χ3n) is 4.97. The SMILES string of the molecule is C=CCn1c(SCC(=O)c2ccc(Br)cc2)nc2sc3c(c2c1=O)CC(C)(C)OC3. The first-order valence-corrected chi connectivity index (χ1v) is 12.1. The third-order valence-corrected chi connectivity index (χ3v) is 7.57. The maximum Gasteiger partial charge on any atom is 0.263 e. The monoisotopic (exact) mass is 504 g/mol. The fourth-order valence-electron chi connectivity index (χ4n) is 3.46. The van der Waals surface area contributed by atoms with E-state index in [1.165, 1.54) is 23.1 Å². The molecular formula is C22H21BrN2O3S2. The number of rotatable bonds is 6. The van der Waals surface area contributed by atoms with Crippen LogP contribution in [0.4, 0.5) is 0 Å². The lowest BCUT2D eigenvalue weighted by molar-refractivity contribution is -0.0379. The van der Waals surface area contributed by atoms with E-state index in [9.17, 15) is 9.59 Å². The lowest BCUT2D eigenvalue weighted by Gasteiger charge is -2.29. The second-order valence-corrected chi connectivity index (χ2v) is 10.7. The van der Waals surface area contributed by atoms with Crippen LogP contribution in [0, 0.1) is 0 Å². The molecule has 0 saturated carbocycles. The number of allylic oxidation sites excluding steroid dienone is 1. The van der Waals surface area contributed by atoms with E-state index in [0.717, 1.165) is 14.9 Å². The third kappa shape index (κ3) is 4.19. The lowest BCUT2D eigenvalue weighted by atomic mass is 9.94. The molecule has 30 heavy (non-hydrogen) atoms. The number of halogens is 1. The number of nitrogens with zero attached hydrogens (tertiary/aromatic N) is 2. The summed E-state index contributed by atoms with van der Waals surface area (Å²) in [6, 6.07) is 7.26. The Balaban J connectivity index is 1.70. The largest absolute Gasteiger partial charge is 0.370 e. The molecule has 4 rings (SSSR count). The average molecular weight is 505 g/mol. The summed E-state index contributed by atoms with van der Waals surface area (Å²) in [6.07, 6.45) is 2.36. The van der Waals surface area contributed by atoms with Crippen LogP contribution < -0.4 is 5.56 Å². The number of thiophene rings is 1. The molecule has 8 heteroatoms. The van der Waals surface area contributed by atoms with Gasteiger partial charge in [0.1, 0.15) is 4.83 Å². The highest BCUT2D eigenvalue weighted by atomic mass is 79.9. The predicted octanol–water partition coefficient (Wildman–Crippen LogP) is 5.23. The highest BCUT2D eigenvalue weighted by molar-refractivity contribution is 9.10. The van der Waals surface area contributed by atoms with Crippen molar-refractivity contribution in [1.82, 2.24) is 9.55 Å². The van der Waals surface area contributed by atoms with Crippen molar-refractivity contribution in [2.24, 2.45) is 0 Å². The van der Waals surface area contributed by atoms with Crippen molar-refractivity contribution in [3.8, 4) is 0 Å². The summed E-state index contributed by atoms with van der Waals surface area (Å²) >= 11 is 6.17. The molecule has 0 N–H and O–H groups in total. The summed E-state index contributed by atoms with van der Waals surface area (Å²) in [7, 11) is 0. The van der Waals surface area contributed by atoms with Crippen LogP contribution in [0.2, 0.25) is 0 Å². The number of Topliss-reactive ketones (excluding diaryl/α,β-unsaturated/α-hetero) is 1. The van der Waals surface area contributed by atoms with Crippen molar-refractivity contribution in [2.45, 2.75) is 44.2 Å². The van der Waals surface area contributed by atoms with Gasteiger partial charge in [0, 0.05) is 27.9 Å². The van der Waals surface area contributed by atoms with Gasteiger partial charge >= 0.3 is 0 Å². The van der Waals surface area contributed by atoms with Gasteiger partial charge in [0.25, 0.3) is 5.56 Å². The Morgan fingerprint density at radius 2 is 2.13 bits per heavy atom. The molecule has 1 aliphatic rings. The molecule has 2 aromatic heterocycles. The van der Waals surface area contributed by atoms with Gasteiger partial charge in [0.05, 0.1) is 23.3 Å². The van der Waals surface area contributed by atoms with Crippen LogP contribution >= 0.6 is 39.0 Å². The van der Waals surface area contributed by atoms with E-state index in [1.54, 1.807) is 22.8 Å². The number of aromatic nitrogens is 2. The summed E-state index contributed by atoms with van der Waals surface area (Å²) in [5, 5.41) is 1.22. The van der Waals surface area contributed by atoms with Gasteiger partial charge in [-0.2, -0.15) is 0 Å². The van der Waals surface area contributed by atoms with E-state index < -0.39 is 0 Å². The van der Waals surface area contributed by atoms with Gasteiger partial charge in [-0.1, -0.05) is 45.9 Å². The van der Waals surface area contributed by atoms with Crippen LogP contribution in [0.25, 0.3) is 10.2 Å². The molecule has 0 atom stereocenters. The molecule has 0 unspecified atom stereocenters. The predicted molar refractivity (Wildman–Crippen MR) is 126 cm³/mol. The van der Waals surface area contributed by atoms with Crippen LogP contribution in [-0.4, -0.2) is 26.7 Å². The molecule has 0 bridgehead atoms. The Labute approximate surface area is 191 Å². The van der Waals surface area contributed by atoms with E-state index in [-0.39, 0.29) is 22.7 Å². The Kier molecular flexibility index (Phi) is 6.03. The van der Waals surface area contributed by atoms with Crippen molar-refractivity contribution in [1.29, 1.82) is 0 Å². The van der Waals surface area contributed by atoms with Crippen LogP contribution in [0.15, 0.2) is 51.3 Å². The first kappa shape index (κ1) is 21.5. The molecule has 3 heterocycles. The number of carbonyl (C=O) groups is 1. The second-order valence-electron chi connectivity index (χ2n) is 7.73. The van der Waals surface area contributed by atoms with Crippen LogP contribution in [0.1, 0.15) is 34.6 Å². The number of hydrogen-bond donors (Lipinski definition) is 0. The zero-order chi connectivity index (χ0) is 21.5. The van der Waals surface area contributed by atoms with Gasteiger partial charge in [0.2, 0.25) is 0 Å². The maximum absolute atomic E-state index is 13.4. The fraction of sp³-hybridized carbons (Fsp3) is 0.318. The van der Waals surface area contributed by atoms with Gasteiger partial charge in [-0.05, 0) is 31.5 Å². The Morgan fingerprint density at radius 3 is 2.83 bits per heavy atom. The van der Waals surface area contributed by atoms with Gasteiger partial charge < -0.3 is 4.74 Å². The molecule has 0 spiro atoms. The Hall–Kier alpha value is -1.74. The topological polar surface area (TPSA) is 61.2 Å². The van der Waals surface area contributed by atoms with E-state index >= 15 is 0 Å². The number of carbonyl (C=O) groups excluding carboxylic acids is 1. The number of benzene rings is 1. The van der Waals surface area contributed by atoms with E-state index in [4.69, 9.17) is 9.72 Å². The molecule has 0 amide bonds. The molecule has 5 nitrogen and oxygen atoms in total. The Morgan fingerprint density at radius 1 is 1.40 bits per heavy atom. The fourth-order valence-corrected chi connectivity index (χ4v) is 5.77. The smallest absolute Gasteiger partial charge is 0.263 e. The molecule has 1 aliphatic heterocycles. The molecule has 0 saturated heterocycles. The number of hydrogen-bond acceptors (Lipinski definition) is 6. The van der Waals surface area contributed by atoms with Gasteiger partial charge in [-0.3, -0.25) is 14.2 Å². The molecule has 0 radical (unpaired) electrons. The normalized spacial score (nSPS) is 15.2. The van der Waals surface area contributed by atoms with E-state index in [1.807, 2.05) is 26.0 Å². The van der Waals surface area contributed by atoms with Gasteiger partial charge in [0.15, 0.2) is 10.9 Å². The van der Waals surface area contributed by atoms with Crippen LogP contribution in [-0.2, 0) is 24.3 Å². The summed E-state index contributed by atoms with van der Waals surface area (Å²) in [6.45, 7) is 8.69. The minimum Gasteiger partial charge on any atom is -0.370 e. The second kappa shape index (κ2) is 8.42. The van der Waals surface area contributed by atoms with Crippen molar-refractivity contribution < 1.29 is 9.53 Å². The van der Waals surface area contributed by atoms with Crippen LogP contribution in [0.5, 0.6) is 0 Å². The minimum atomic E-state index is -0.304. The molecule has 1 aromatic carbocycles. The maximum atomic E-state index is 13.4. The van der Waals surface area contributed by atoms with E-state index in [2.05, 4.69) is 22.5 Å². The number of thioether (sulfide) groups is 1. The summed E-state index contributed by atoms with van der Waals surface area (Å²) in [5.41, 5.74) is 1.30. The first-order valence-electron chi connectivity index (χ1n) is 9.50. The molecular weight excluding hydrogens is 484 g/mol. The summed E-state index contributed by atoms with van der Waals surface area (Å²) in [5.74, 6) is 0.199. The van der Waals surface area contributed by atoms with Gasteiger partial charge in [-0.15, -0.1) is 17.9 Å². The van der Waals surface area contributed by atoms with Crippen molar-refractivity contribution in [3.63, 3.8) is 0 Å². The van der Waals surface area contributed by atoms with Crippen molar-refractivity contribution in [2.75, 3.05) is 5.75 Å². The van der Waals surface area contributed by atoms with Crippen LogP contribution in [0.3, 0.4) is 0 Å². The number of ether oxygens (including phenoxy) is 1. The minimum absolute atomic E-state index is 0.00683. The average Bonchev–Trinajstić information content (AvgIpc) is 3.05. The molecule has 156 valence electrons. The van der Waals surface area contributed by atoms with Crippen molar-refractivity contribution >= 4 is 55.0 Å². The molecule has 0 fully saturated rings. The quantitative estimate of drug-likeness (QED) is 0.199. The standard InChI is InChI=1S/C22H21BrN2O3S2/c1-4-9-25-20(27)18-15-10-22(2,3)28-11-17(15)30-19(18)24-21(25)29-12-16(26)13-5-7-14(23)8-6-13/h4-8H,1,9-12H2,2-3H3. The highest BCUT2D eigenvalue weighted by Gasteiger charge is 2.31. The lowest BCUT2D eigenvalue weighted by Crippen LogP contribution is -2.32. The van der Waals surface area contributed by atoms with Gasteiger partial charge in [-0.25, -0.2) is 4.98 Å². The zero-order valence-corrected chi connectivity index (χ0v) is 20.0. The summed E-state index contributed by atoms with van der Waals surface area (Å²) in [4.78, 5) is 32.5. The van der Waals surface area contributed by atoms with E-state index in [0.29, 0.717) is 40.5 Å². The van der Waals surface area contributed by atoms with Crippen molar-refractivity contribution in [3.05, 3.63) is 67.8 Å². The Bertz CT molecular complexity index is 1200. The molecule has 3 aromatic rings. The first-order chi connectivity index (χ1) is 14.3. The number of ketones is 1. The highest BCUT2D eigenvalue weighted by Crippen LogP contribution is 2.37. The number of fused-ring (bicyclic) bond motifs is 3. The zero-order valence-electron chi connectivity index (χ0n) is 16.7. The summed E-state index contributed by atoms with van der Waals surface area (Å²) < 4.78 is 8.45.